The number of benzene rings is 2. The summed E-state index contributed by atoms with van der Waals surface area (Å²) in [6.45, 7) is 3.25. The average molecular weight is 500 g/mol. The van der Waals surface area contributed by atoms with Gasteiger partial charge in [0.1, 0.15) is 5.82 Å². The highest BCUT2D eigenvalue weighted by Crippen LogP contribution is 2.26. The molecule has 1 saturated heterocycles. The normalized spacial score (nSPS) is 13.2. The zero-order valence-corrected chi connectivity index (χ0v) is 20.1. The number of amides is 2. The SMILES string of the molecule is Cc1nc(C(=O)CC(=O)N(Cc2ccc(Cl)c(Cl)c2)c2cccc(C(=O)N3CCCC3)c2)n[nH]1. The van der Waals surface area contributed by atoms with E-state index in [0.29, 0.717) is 27.1 Å². The number of hydrogen-bond acceptors (Lipinski definition) is 5. The number of H-pyrrole nitrogens is 1. The third kappa shape index (κ3) is 5.46. The van der Waals surface area contributed by atoms with Crippen molar-refractivity contribution in [1.29, 1.82) is 0 Å². The topological polar surface area (TPSA) is 99.3 Å². The Morgan fingerprint density at radius 1 is 1.06 bits per heavy atom. The summed E-state index contributed by atoms with van der Waals surface area (Å²) in [7, 11) is 0. The van der Waals surface area contributed by atoms with E-state index in [0.717, 1.165) is 31.5 Å². The van der Waals surface area contributed by atoms with E-state index in [9.17, 15) is 14.4 Å². The maximum absolute atomic E-state index is 13.3. The smallest absolute Gasteiger partial charge is 0.253 e. The fourth-order valence-corrected chi connectivity index (χ4v) is 4.15. The lowest BCUT2D eigenvalue weighted by molar-refractivity contribution is -0.117. The van der Waals surface area contributed by atoms with Crippen LogP contribution in [0.2, 0.25) is 10.0 Å². The average Bonchev–Trinajstić information content (AvgIpc) is 3.51. The van der Waals surface area contributed by atoms with E-state index in [1.54, 1.807) is 54.3 Å². The second-order valence-corrected chi connectivity index (χ2v) is 8.94. The molecule has 0 radical (unpaired) electrons. The van der Waals surface area contributed by atoms with Gasteiger partial charge in [0.15, 0.2) is 0 Å². The summed E-state index contributed by atoms with van der Waals surface area (Å²) >= 11 is 12.2. The van der Waals surface area contributed by atoms with E-state index in [4.69, 9.17) is 23.2 Å². The quantitative estimate of drug-likeness (QED) is 0.382. The zero-order valence-electron chi connectivity index (χ0n) is 18.6. The molecule has 1 aliphatic rings. The fourth-order valence-electron chi connectivity index (χ4n) is 3.83. The maximum atomic E-state index is 13.3. The number of halogens is 2. The molecular formula is C24H23Cl2N5O3. The molecule has 0 unspecified atom stereocenters. The van der Waals surface area contributed by atoms with Crippen LogP contribution in [-0.2, 0) is 11.3 Å². The van der Waals surface area contributed by atoms with Crippen molar-refractivity contribution in [2.24, 2.45) is 0 Å². The van der Waals surface area contributed by atoms with E-state index < -0.39 is 18.1 Å². The van der Waals surface area contributed by atoms with Crippen LogP contribution in [0.5, 0.6) is 0 Å². The number of ketones is 1. The summed E-state index contributed by atoms with van der Waals surface area (Å²) in [5.74, 6) is -0.592. The zero-order chi connectivity index (χ0) is 24.2. The number of rotatable bonds is 7. The van der Waals surface area contributed by atoms with Gasteiger partial charge in [-0.15, -0.1) is 0 Å². The standard InChI is InChI=1S/C24H23Cl2N5O3/c1-15-27-23(29-28-15)21(32)13-22(33)31(14-16-7-8-19(25)20(26)11-16)18-6-4-5-17(12-18)24(34)30-9-2-3-10-30/h4-8,11-12H,2-3,9-10,13-14H2,1H3,(H,27,28,29). The number of aromatic amines is 1. The number of aromatic nitrogens is 3. The third-order valence-electron chi connectivity index (χ3n) is 5.58. The largest absolute Gasteiger partial charge is 0.339 e. The molecule has 2 heterocycles. The van der Waals surface area contributed by atoms with E-state index in [-0.39, 0.29) is 18.3 Å². The Hall–Kier alpha value is -3.23. The number of aryl methyl sites for hydroxylation is 1. The lowest BCUT2D eigenvalue weighted by Crippen LogP contribution is -2.33. The van der Waals surface area contributed by atoms with Crippen LogP contribution >= 0.6 is 23.2 Å². The first-order valence-electron chi connectivity index (χ1n) is 10.9. The van der Waals surface area contributed by atoms with E-state index in [2.05, 4.69) is 15.2 Å². The van der Waals surface area contributed by atoms with E-state index in [1.807, 2.05) is 0 Å². The molecule has 0 saturated carbocycles. The predicted octanol–water partition coefficient (Wildman–Crippen LogP) is 4.46. The number of hydrogen-bond donors (Lipinski definition) is 1. The molecule has 2 amide bonds. The second-order valence-electron chi connectivity index (χ2n) is 8.12. The van der Waals surface area contributed by atoms with Gasteiger partial charge >= 0.3 is 0 Å². The molecule has 2 aromatic carbocycles. The number of likely N-dealkylation sites (tertiary alicyclic amines) is 1. The number of nitrogens with zero attached hydrogens (tertiary/aromatic N) is 4. The number of carbonyl (C=O) groups excluding carboxylic acids is 3. The molecule has 0 aliphatic carbocycles. The molecule has 0 bridgehead atoms. The molecule has 8 nitrogen and oxygen atoms in total. The minimum Gasteiger partial charge on any atom is -0.339 e. The Morgan fingerprint density at radius 3 is 2.50 bits per heavy atom. The third-order valence-corrected chi connectivity index (χ3v) is 6.32. The predicted molar refractivity (Wildman–Crippen MR) is 129 cm³/mol. The van der Waals surface area contributed by atoms with Crippen LogP contribution in [0.3, 0.4) is 0 Å². The van der Waals surface area contributed by atoms with Gasteiger partial charge in [-0.2, -0.15) is 5.10 Å². The summed E-state index contributed by atoms with van der Waals surface area (Å²) in [5, 5.41) is 7.21. The van der Waals surface area contributed by atoms with Crippen molar-refractivity contribution in [2.45, 2.75) is 32.7 Å². The Morgan fingerprint density at radius 2 is 1.82 bits per heavy atom. The van der Waals surface area contributed by atoms with Gasteiger partial charge in [-0.3, -0.25) is 19.5 Å². The minimum atomic E-state index is -0.502. The highest BCUT2D eigenvalue weighted by molar-refractivity contribution is 6.42. The van der Waals surface area contributed by atoms with Crippen molar-refractivity contribution in [3.8, 4) is 0 Å². The monoisotopic (exact) mass is 499 g/mol. The van der Waals surface area contributed by atoms with Gasteiger partial charge in [-0.05, 0) is 55.7 Å². The Kier molecular flexibility index (Phi) is 7.29. The molecule has 0 spiro atoms. The number of nitrogens with one attached hydrogen (secondary N) is 1. The molecule has 0 atom stereocenters. The minimum absolute atomic E-state index is 0.0432. The van der Waals surface area contributed by atoms with Crippen molar-refractivity contribution >= 4 is 46.5 Å². The van der Waals surface area contributed by atoms with Crippen molar-refractivity contribution in [2.75, 3.05) is 18.0 Å². The van der Waals surface area contributed by atoms with Crippen LogP contribution in [0.15, 0.2) is 42.5 Å². The number of carbonyl (C=O) groups is 3. The van der Waals surface area contributed by atoms with Gasteiger partial charge in [-0.25, -0.2) is 4.98 Å². The number of anilines is 1. The molecule has 1 aliphatic heterocycles. The molecule has 4 rings (SSSR count). The summed E-state index contributed by atoms with van der Waals surface area (Å²) < 4.78 is 0. The van der Waals surface area contributed by atoms with Crippen LogP contribution in [0.4, 0.5) is 5.69 Å². The van der Waals surface area contributed by atoms with Crippen molar-refractivity contribution in [3.63, 3.8) is 0 Å². The van der Waals surface area contributed by atoms with Crippen molar-refractivity contribution in [3.05, 3.63) is 75.3 Å². The van der Waals surface area contributed by atoms with Crippen molar-refractivity contribution in [1.82, 2.24) is 20.1 Å². The fraction of sp³-hybridized carbons (Fsp3) is 0.292. The molecule has 3 aromatic rings. The van der Waals surface area contributed by atoms with Gasteiger partial charge in [0.05, 0.1) is 23.0 Å². The van der Waals surface area contributed by atoms with Crippen LogP contribution in [0.1, 0.15) is 51.6 Å². The molecule has 176 valence electrons. The Balaban J connectivity index is 1.63. The van der Waals surface area contributed by atoms with Crippen LogP contribution in [-0.4, -0.2) is 50.8 Å². The van der Waals surface area contributed by atoms with Gasteiger partial charge in [-0.1, -0.05) is 35.3 Å². The first kappa shape index (κ1) is 23.9. The number of Topliss-reactive ketones (excluding diaryl/α,β-unsaturated/α-hetero) is 1. The molecule has 10 heteroatoms. The van der Waals surface area contributed by atoms with Crippen molar-refractivity contribution < 1.29 is 14.4 Å². The van der Waals surface area contributed by atoms with Crippen LogP contribution in [0.25, 0.3) is 0 Å². The summed E-state index contributed by atoms with van der Waals surface area (Å²) in [4.78, 5) is 46.1. The summed E-state index contributed by atoms with van der Waals surface area (Å²) in [5.41, 5.74) is 1.71. The molecule has 1 N–H and O–H groups in total. The highest BCUT2D eigenvalue weighted by Gasteiger charge is 2.25. The highest BCUT2D eigenvalue weighted by atomic mass is 35.5. The van der Waals surface area contributed by atoms with Gasteiger partial charge in [0, 0.05) is 24.3 Å². The van der Waals surface area contributed by atoms with Gasteiger partial charge < -0.3 is 9.80 Å². The summed E-state index contributed by atoms with van der Waals surface area (Å²) in [6.07, 6.45) is 1.54. The van der Waals surface area contributed by atoms with E-state index in [1.165, 1.54) is 4.90 Å². The first-order chi connectivity index (χ1) is 16.3. The Bertz CT molecular complexity index is 1240. The van der Waals surface area contributed by atoms with Crippen LogP contribution in [0, 0.1) is 6.92 Å². The van der Waals surface area contributed by atoms with Gasteiger partial charge in [0.25, 0.3) is 5.91 Å². The molecular weight excluding hydrogens is 477 g/mol. The van der Waals surface area contributed by atoms with Gasteiger partial charge in [0.2, 0.25) is 17.5 Å². The lowest BCUT2D eigenvalue weighted by atomic mass is 10.1. The maximum Gasteiger partial charge on any atom is 0.253 e. The molecule has 34 heavy (non-hydrogen) atoms. The van der Waals surface area contributed by atoms with Crippen LogP contribution < -0.4 is 4.90 Å². The summed E-state index contributed by atoms with van der Waals surface area (Å²) in [6, 6.07) is 12.0. The molecule has 1 aromatic heterocycles. The Labute approximate surface area is 206 Å². The second kappa shape index (κ2) is 10.4. The van der Waals surface area contributed by atoms with E-state index >= 15 is 0 Å². The lowest BCUT2D eigenvalue weighted by Gasteiger charge is -2.24. The molecule has 1 fully saturated rings. The first-order valence-corrected chi connectivity index (χ1v) is 11.6.